The number of methoxy groups -OCH3 is 1. The molecule has 1 aromatic heterocycles. The molecule has 0 saturated heterocycles. The van der Waals surface area contributed by atoms with Gasteiger partial charge in [0.1, 0.15) is 5.75 Å². The predicted octanol–water partition coefficient (Wildman–Crippen LogP) is 5.04. The lowest BCUT2D eigenvalue weighted by molar-refractivity contribution is 0.414. The van der Waals surface area contributed by atoms with Crippen molar-refractivity contribution >= 4 is 22.7 Å². The van der Waals surface area contributed by atoms with E-state index < -0.39 is 0 Å². The molecule has 0 N–H and O–H groups in total. The molecule has 0 spiro atoms. The molecule has 0 bridgehead atoms. The van der Waals surface area contributed by atoms with E-state index in [9.17, 15) is 4.79 Å². The van der Waals surface area contributed by atoms with Gasteiger partial charge >= 0.3 is 0 Å². The van der Waals surface area contributed by atoms with E-state index in [0.29, 0.717) is 10.5 Å². The normalized spacial score (nSPS) is 11.0. The second-order valence-corrected chi connectivity index (χ2v) is 7.90. The number of ether oxygens (including phenoxy) is 1. The highest BCUT2D eigenvalue weighted by atomic mass is 32.2. The molecule has 0 fully saturated rings. The molecule has 0 unspecified atom stereocenters. The zero-order chi connectivity index (χ0) is 20.2. The number of rotatable bonds is 6. The smallest absolute Gasteiger partial charge is 0.266 e. The first kappa shape index (κ1) is 19.3. The highest BCUT2D eigenvalue weighted by Crippen LogP contribution is 2.23. The van der Waals surface area contributed by atoms with E-state index in [-0.39, 0.29) is 5.56 Å². The third-order valence-corrected chi connectivity index (χ3v) is 5.76. The molecule has 29 heavy (non-hydrogen) atoms. The summed E-state index contributed by atoms with van der Waals surface area (Å²) in [4.78, 5) is 18.0. The lowest BCUT2D eigenvalue weighted by Gasteiger charge is -2.13. The molecule has 0 radical (unpaired) electrons. The van der Waals surface area contributed by atoms with E-state index in [2.05, 4.69) is 12.1 Å². The Morgan fingerprint density at radius 2 is 1.69 bits per heavy atom. The molecule has 0 amide bonds. The molecule has 4 aromatic rings. The highest BCUT2D eigenvalue weighted by molar-refractivity contribution is 7.99. The van der Waals surface area contributed by atoms with Gasteiger partial charge in [0.05, 0.1) is 23.7 Å². The Labute approximate surface area is 174 Å². The van der Waals surface area contributed by atoms with E-state index in [0.717, 1.165) is 34.7 Å². The van der Waals surface area contributed by atoms with Crippen LogP contribution in [0.1, 0.15) is 11.1 Å². The van der Waals surface area contributed by atoms with Crippen LogP contribution in [0.5, 0.6) is 5.75 Å². The monoisotopic (exact) mass is 402 g/mol. The summed E-state index contributed by atoms with van der Waals surface area (Å²) in [7, 11) is 1.67. The van der Waals surface area contributed by atoms with Crippen LogP contribution in [0.15, 0.2) is 82.7 Å². The summed E-state index contributed by atoms with van der Waals surface area (Å²) >= 11 is 1.60. The highest BCUT2D eigenvalue weighted by Gasteiger charge is 2.13. The summed E-state index contributed by atoms with van der Waals surface area (Å²) in [5, 5.41) is 1.35. The van der Waals surface area contributed by atoms with Gasteiger partial charge in [0, 0.05) is 5.75 Å². The number of aryl methyl sites for hydroxylation is 2. The number of benzene rings is 3. The summed E-state index contributed by atoms with van der Waals surface area (Å²) < 4.78 is 6.94. The van der Waals surface area contributed by atoms with Gasteiger partial charge in [-0.2, -0.15) is 0 Å². The van der Waals surface area contributed by atoms with Crippen LogP contribution < -0.4 is 10.3 Å². The lowest BCUT2D eigenvalue weighted by atomic mass is 10.2. The van der Waals surface area contributed by atoms with Gasteiger partial charge in [0.25, 0.3) is 5.56 Å². The Kier molecular flexibility index (Phi) is 5.67. The molecule has 4 nitrogen and oxygen atoms in total. The van der Waals surface area contributed by atoms with Crippen LogP contribution in [0.3, 0.4) is 0 Å². The minimum atomic E-state index is -0.0357. The Morgan fingerprint density at radius 3 is 2.41 bits per heavy atom. The van der Waals surface area contributed by atoms with Crippen molar-refractivity contribution in [1.82, 2.24) is 9.55 Å². The molecule has 0 atom stereocenters. The minimum absolute atomic E-state index is 0.0357. The SMILES string of the molecule is COc1ccc(CCSc2nc3ccccc3c(=O)n2-c2ccc(C)cc2)cc1. The van der Waals surface area contributed by atoms with Crippen LogP contribution in [0.4, 0.5) is 0 Å². The zero-order valence-electron chi connectivity index (χ0n) is 16.5. The quantitative estimate of drug-likeness (QED) is 0.335. The van der Waals surface area contributed by atoms with Crippen LogP contribution in [0, 0.1) is 6.92 Å². The third-order valence-electron chi connectivity index (χ3n) is 4.82. The van der Waals surface area contributed by atoms with Crippen molar-refractivity contribution in [3.05, 3.63) is 94.3 Å². The molecule has 3 aromatic carbocycles. The van der Waals surface area contributed by atoms with Gasteiger partial charge in [0.2, 0.25) is 0 Å². The number of hydrogen-bond donors (Lipinski definition) is 0. The molecule has 5 heteroatoms. The van der Waals surface area contributed by atoms with Crippen molar-refractivity contribution in [2.24, 2.45) is 0 Å². The van der Waals surface area contributed by atoms with Crippen molar-refractivity contribution in [1.29, 1.82) is 0 Å². The topological polar surface area (TPSA) is 44.1 Å². The molecule has 1 heterocycles. The summed E-state index contributed by atoms with van der Waals surface area (Å²) in [5.41, 5.74) is 3.91. The number of hydrogen-bond acceptors (Lipinski definition) is 4. The van der Waals surface area contributed by atoms with Crippen molar-refractivity contribution in [2.75, 3.05) is 12.9 Å². The molecule has 146 valence electrons. The van der Waals surface area contributed by atoms with Crippen LogP contribution in [0.25, 0.3) is 16.6 Å². The van der Waals surface area contributed by atoms with E-state index in [1.165, 1.54) is 5.56 Å². The fraction of sp³-hybridized carbons (Fsp3) is 0.167. The number of thioether (sulfide) groups is 1. The van der Waals surface area contributed by atoms with Gasteiger partial charge in [-0.05, 0) is 55.3 Å². The average Bonchev–Trinajstić information content (AvgIpc) is 2.75. The fourth-order valence-corrected chi connectivity index (χ4v) is 4.18. The first-order valence-corrected chi connectivity index (χ1v) is 10.5. The van der Waals surface area contributed by atoms with Gasteiger partial charge < -0.3 is 4.74 Å². The van der Waals surface area contributed by atoms with Gasteiger partial charge in [-0.25, -0.2) is 4.98 Å². The summed E-state index contributed by atoms with van der Waals surface area (Å²) in [5.74, 6) is 1.67. The Hall–Kier alpha value is -3.05. The number of nitrogens with zero attached hydrogens (tertiary/aromatic N) is 2. The molecule has 0 saturated carbocycles. The second-order valence-electron chi connectivity index (χ2n) is 6.83. The molecule has 0 aliphatic rings. The fourth-order valence-electron chi connectivity index (χ4n) is 3.18. The first-order valence-electron chi connectivity index (χ1n) is 9.50. The standard InChI is InChI=1S/C24H22N2O2S/c1-17-7-11-19(12-8-17)26-23(27)21-5-3-4-6-22(21)25-24(26)29-16-15-18-9-13-20(28-2)14-10-18/h3-14H,15-16H2,1-2H3. The summed E-state index contributed by atoms with van der Waals surface area (Å²) in [6.45, 7) is 2.04. The van der Waals surface area contributed by atoms with Crippen molar-refractivity contribution < 1.29 is 4.74 Å². The van der Waals surface area contributed by atoms with E-state index in [1.54, 1.807) is 23.4 Å². The number of fused-ring (bicyclic) bond motifs is 1. The Balaban J connectivity index is 1.67. The first-order chi connectivity index (χ1) is 14.2. The molecule has 4 rings (SSSR count). The third kappa shape index (κ3) is 4.20. The average molecular weight is 403 g/mol. The van der Waals surface area contributed by atoms with E-state index >= 15 is 0 Å². The minimum Gasteiger partial charge on any atom is -0.497 e. The molecule has 0 aliphatic carbocycles. The summed E-state index contributed by atoms with van der Waals surface area (Å²) in [6, 6.07) is 23.6. The zero-order valence-corrected chi connectivity index (χ0v) is 17.3. The van der Waals surface area contributed by atoms with Crippen LogP contribution in [-0.4, -0.2) is 22.4 Å². The summed E-state index contributed by atoms with van der Waals surface area (Å²) in [6.07, 6.45) is 0.880. The Bertz CT molecular complexity index is 1180. The van der Waals surface area contributed by atoms with Gasteiger partial charge in [-0.3, -0.25) is 9.36 Å². The predicted molar refractivity (Wildman–Crippen MR) is 119 cm³/mol. The van der Waals surface area contributed by atoms with E-state index in [1.807, 2.05) is 67.6 Å². The maximum absolute atomic E-state index is 13.2. The van der Waals surface area contributed by atoms with Crippen molar-refractivity contribution in [3.8, 4) is 11.4 Å². The number of para-hydroxylation sites is 1. The van der Waals surface area contributed by atoms with Gasteiger partial charge in [0.15, 0.2) is 5.16 Å². The molecular weight excluding hydrogens is 380 g/mol. The second kappa shape index (κ2) is 8.53. The molecule has 0 aliphatic heterocycles. The van der Waals surface area contributed by atoms with Crippen LogP contribution in [0.2, 0.25) is 0 Å². The van der Waals surface area contributed by atoms with Crippen LogP contribution in [-0.2, 0) is 6.42 Å². The Morgan fingerprint density at radius 1 is 0.966 bits per heavy atom. The maximum Gasteiger partial charge on any atom is 0.266 e. The van der Waals surface area contributed by atoms with E-state index in [4.69, 9.17) is 9.72 Å². The van der Waals surface area contributed by atoms with Crippen LogP contribution >= 0.6 is 11.8 Å². The van der Waals surface area contributed by atoms with Gasteiger partial charge in [-0.15, -0.1) is 0 Å². The van der Waals surface area contributed by atoms with Crippen molar-refractivity contribution in [2.45, 2.75) is 18.5 Å². The maximum atomic E-state index is 13.2. The lowest BCUT2D eigenvalue weighted by Crippen LogP contribution is -2.21. The van der Waals surface area contributed by atoms with Crippen molar-refractivity contribution in [3.63, 3.8) is 0 Å². The van der Waals surface area contributed by atoms with Gasteiger partial charge in [-0.1, -0.05) is 53.7 Å². The number of aromatic nitrogens is 2. The largest absolute Gasteiger partial charge is 0.497 e. The molecular formula is C24H22N2O2S.